The fraction of sp³-hybridized carbons (Fsp3) is 0.385. The molecule has 3 rings (SSSR count). The van der Waals surface area contributed by atoms with Crippen LogP contribution in [-0.4, -0.2) is 29.4 Å². The zero-order valence-corrected chi connectivity index (χ0v) is 10.2. The molecular weight excluding hydrogens is 230 g/mol. The van der Waals surface area contributed by atoms with Crippen LogP contribution < -0.4 is 10.6 Å². The van der Waals surface area contributed by atoms with Crippen molar-refractivity contribution in [3.8, 4) is 0 Å². The molecule has 2 unspecified atom stereocenters. The maximum atomic E-state index is 12.3. The third-order valence-electron chi connectivity index (χ3n) is 3.76. The molecule has 2 atom stereocenters. The van der Waals surface area contributed by atoms with Crippen LogP contribution in [0, 0.1) is 5.92 Å². The first-order chi connectivity index (χ1) is 8.59. The normalized spacial score (nSPS) is 26.9. The first kappa shape index (κ1) is 11.1. The van der Waals surface area contributed by atoms with Crippen molar-refractivity contribution in [1.29, 1.82) is 0 Å². The lowest BCUT2D eigenvalue weighted by Crippen LogP contribution is -2.33. The summed E-state index contributed by atoms with van der Waals surface area (Å²) in [5.41, 5.74) is 6.83. The number of benzene rings is 1. The van der Waals surface area contributed by atoms with Crippen molar-refractivity contribution in [3.05, 3.63) is 24.3 Å². The molecule has 0 aromatic heterocycles. The molecule has 5 nitrogen and oxygen atoms in total. The highest BCUT2D eigenvalue weighted by atomic mass is 16.2. The number of hydrogen-bond acceptors (Lipinski definition) is 3. The number of nitrogens with two attached hydrogens (primary N) is 1. The molecule has 2 aliphatic heterocycles. The van der Waals surface area contributed by atoms with Crippen LogP contribution in [0.2, 0.25) is 0 Å². The Balaban J connectivity index is 1.97. The van der Waals surface area contributed by atoms with E-state index >= 15 is 0 Å². The number of amides is 3. The topological polar surface area (TPSA) is 66.6 Å². The van der Waals surface area contributed by atoms with E-state index in [0.717, 1.165) is 6.42 Å². The summed E-state index contributed by atoms with van der Waals surface area (Å²) in [6.07, 6.45) is 0.901. The van der Waals surface area contributed by atoms with E-state index in [2.05, 4.69) is 0 Å². The summed E-state index contributed by atoms with van der Waals surface area (Å²) >= 11 is 0. The second-order valence-electron chi connectivity index (χ2n) is 4.95. The van der Waals surface area contributed by atoms with E-state index < -0.39 is 0 Å². The highest BCUT2D eigenvalue weighted by molar-refractivity contribution is 6.21. The van der Waals surface area contributed by atoms with E-state index in [4.69, 9.17) is 5.73 Å². The van der Waals surface area contributed by atoms with Crippen molar-refractivity contribution in [3.63, 3.8) is 0 Å². The number of anilines is 2. The molecule has 3 amide bonds. The molecule has 94 valence electrons. The average Bonchev–Trinajstić information content (AvgIpc) is 2.83. The summed E-state index contributed by atoms with van der Waals surface area (Å²) in [6.45, 7) is 2.68. The smallest absolute Gasteiger partial charge is 0.332 e. The molecule has 0 bridgehead atoms. The minimum absolute atomic E-state index is 0.116. The highest BCUT2D eigenvalue weighted by Gasteiger charge is 2.51. The van der Waals surface area contributed by atoms with E-state index in [1.165, 1.54) is 4.90 Å². The third-order valence-corrected chi connectivity index (χ3v) is 3.76. The average molecular weight is 245 g/mol. The van der Waals surface area contributed by atoms with Gasteiger partial charge >= 0.3 is 6.03 Å². The van der Waals surface area contributed by atoms with Gasteiger partial charge in [0.1, 0.15) is 6.04 Å². The van der Waals surface area contributed by atoms with E-state index in [1.54, 1.807) is 29.2 Å². The van der Waals surface area contributed by atoms with Crippen LogP contribution in [-0.2, 0) is 4.79 Å². The number of carbonyl (C=O) groups is 2. The summed E-state index contributed by atoms with van der Waals surface area (Å²) in [7, 11) is 0. The monoisotopic (exact) mass is 245 g/mol. The van der Waals surface area contributed by atoms with Gasteiger partial charge in [-0.25, -0.2) is 9.69 Å². The molecule has 1 aromatic carbocycles. The Kier molecular flexibility index (Phi) is 2.29. The lowest BCUT2D eigenvalue weighted by molar-refractivity contribution is -0.120. The van der Waals surface area contributed by atoms with Crippen LogP contribution in [0.15, 0.2) is 24.3 Å². The molecule has 0 aliphatic carbocycles. The Labute approximate surface area is 105 Å². The highest BCUT2D eigenvalue weighted by Crippen LogP contribution is 2.34. The van der Waals surface area contributed by atoms with E-state index in [9.17, 15) is 9.59 Å². The molecule has 2 fully saturated rings. The van der Waals surface area contributed by atoms with Crippen LogP contribution in [0.1, 0.15) is 13.3 Å². The molecule has 2 N–H and O–H groups in total. The molecule has 1 aromatic rings. The molecule has 0 spiro atoms. The van der Waals surface area contributed by atoms with Gasteiger partial charge in [-0.15, -0.1) is 0 Å². The van der Waals surface area contributed by atoms with Crippen molar-refractivity contribution >= 4 is 23.3 Å². The van der Waals surface area contributed by atoms with Crippen molar-refractivity contribution < 1.29 is 9.59 Å². The van der Waals surface area contributed by atoms with Gasteiger partial charge < -0.3 is 10.6 Å². The quantitative estimate of drug-likeness (QED) is 0.601. The molecule has 5 heteroatoms. The van der Waals surface area contributed by atoms with E-state index in [-0.39, 0.29) is 23.9 Å². The number of imide groups is 1. The van der Waals surface area contributed by atoms with Crippen molar-refractivity contribution in [1.82, 2.24) is 4.90 Å². The Hall–Kier alpha value is -2.04. The summed E-state index contributed by atoms with van der Waals surface area (Å²) in [5, 5.41) is 0. The number of carbonyl (C=O) groups excluding carboxylic acids is 2. The Morgan fingerprint density at radius 3 is 2.50 bits per heavy atom. The number of nitrogens with zero attached hydrogens (tertiary/aromatic N) is 2. The van der Waals surface area contributed by atoms with Gasteiger partial charge in [0, 0.05) is 12.2 Å². The number of nitrogen functional groups attached to an aromatic ring is 1. The molecular formula is C13H15N3O2. The summed E-state index contributed by atoms with van der Waals surface area (Å²) in [5.74, 6) is 0.120. The molecule has 2 saturated heterocycles. The van der Waals surface area contributed by atoms with Crippen LogP contribution in [0.25, 0.3) is 0 Å². The fourth-order valence-electron chi connectivity index (χ4n) is 2.75. The van der Waals surface area contributed by atoms with Gasteiger partial charge in [0.2, 0.25) is 0 Å². The van der Waals surface area contributed by atoms with Gasteiger partial charge in [-0.1, -0.05) is 6.92 Å². The van der Waals surface area contributed by atoms with Crippen LogP contribution in [0.4, 0.5) is 16.2 Å². The second kappa shape index (κ2) is 3.73. The fourth-order valence-corrected chi connectivity index (χ4v) is 2.75. The predicted octanol–water partition coefficient (Wildman–Crippen LogP) is 1.45. The van der Waals surface area contributed by atoms with Crippen LogP contribution >= 0.6 is 0 Å². The van der Waals surface area contributed by atoms with E-state index in [1.807, 2.05) is 6.92 Å². The van der Waals surface area contributed by atoms with Gasteiger partial charge in [-0.05, 0) is 36.6 Å². The summed E-state index contributed by atoms with van der Waals surface area (Å²) in [4.78, 5) is 27.5. The number of fused-ring (bicyclic) bond motifs is 1. The Bertz CT molecular complexity index is 511. The van der Waals surface area contributed by atoms with Crippen LogP contribution in [0.3, 0.4) is 0 Å². The first-order valence-corrected chi connectivity index (χ1v) is 6.09. The Morgan fingerprint density at radius 1 is 1.22 bits per heavy atom. The molecule has 0 radical (unpaired) electrons. The van der Waals surface area contributed by atoms with Crippen molar-refractivity contribution in [2.45, 2.75) is 19.4 Å². The minimum Gasteiger partial charge on any atom is -0.399 e. The van der Waals surface area contributed by atoms with Gasteiger partial charge in [0.15, 0.2) is 0 Å². The molecule has 18 heavy (non-hydrogen) atoms. The number of rotatable bonds is 1. The second-order valence-corrected chi connectivity index (χ2v) is 4.95. The van der Waals surface area contributed by atoms with Crippen LogP contribution in [0.5, 0.6) is 0 Å². The third kappa shape index (κ3) is 1.40. The van der Waals surface area contributed by atoms with Gasteiger partial charge in [-0.3, -0.25) is 4.79 Å². The first-order valence-electron chi connectivity index (χ1n) is 6.09. The van der Waals surface area contributed by atoms with Crippen molar-refractivity contribution in [2.75, 3.05) is 17.2 Å². The molecule has 2 heterocycles. The minimum atomic E-state index is -0.282. The zero-order chi connectivity index (χ0) is 12.9. The van der Waals surface area contributed by atoms with Gasteiger partial charge in [0.05, 0.1) is 5.69 Å². The predicted molar refractivity (Wildman–Crippen MR) is 68.0 cm³/mol. The summed E-state index contributed by atoms with van der Waals surface area (Å²) in [6, 6.07) is 6.32. The summed E-state index contributed by atoms with van der Waals surface area (Å²) < 4.78 is 0. The maximum Gasteiger partial charge on any atom is 0.332 e. The lowest BCUT2D eigenvalue weighted by Gasteiger charge is -2.15. The SMILES string of the molecule is CC1CCN2C(=O)N(c3ccc(N)cc3)C(=O)C12. The standard InChI is InChI=1S/C13H15N3O2/c1-8-6-7-15-11(8)12(17)16(13(15)18)10-4-2-9(14)3-5-10/h2-5,8,11H,6-7,14H2,1H3. The Morgan fingerprint density at radius 2 is 1.89 bits per heavy atom. The number of hydrogen-bond donors (Lipinski definition) is 1. The van der Waals surface area contributed by atoms with Gasteiger partial charge in [-0.2, -0.15) is 0 Å². The lowest BCUT2D eigenvalue weighted by atomic mass is 10.0. The molecule has 2 aliphatic rings. The van der Waals surface area contributed by atoms with Gasteiger partial charge in [0.25, 0.3) is 5.91 Å². The van der Waals surface area contributed by atoms with E-state index in [0.29, 0.717) is 17.9 Å². The van der Waals surface area contributed by atoms with Crippen molar-refractivity contribution in [2.24, 2.45) is 5.92 Å². The zero-order valence-electron chi connectivity index (χ0n) is 10.2. The largest absolute Gasteiger partial charge is 0.399 e. The number of urea groups is 1. The molecule has 0 saturated carbocycles. The maximum absolute atomic E-state index is 12.3.